The smallest absolute Gasteiger partial charge is 0.410 e. The number of aryl methyl sites for hydroxylation is 1. The number of anilines is 1. The topological polar surface area (TPSA) is 123 Å². The van der Waals surface area contributed by atoms with Crippen molar-refractivity contribution in [3.05, 3.63) is 114 Å². The van der Waals surface area contributed by atoms with Crippen LogP contribution in [-0.2, 0) is 9.47 Å². The van der Waals surface area contributed by atoms with Crippen LogP contribution >= 0.6 is 0 Å². The SMILES string of the molecule is Cc1cccc(-c2nc3ccccc3nc2C2CN(C(=O)OC(C)(C)CNc3ccc(-c4nc5ccccc5nc4C4CN(C(=O)OC(C)(C)C)C4)cc3)C2)c1. The highest BCUT2D eigenvalue weighted by molar-refractivity contribution is 5.81. The van der Waals surface area contributed by atoms with E-state index in [2.05, 4.69) is 30.4 Å². The Morgan fingerprint density at radius 2 is 1.11 bits per heavy atom. The highest BCUT2D eigenvalue weighted by atomic mass is 16.6. The van der Waals surface area contributed by atoms with Gasteiger partial charge in [0.15, 0.2) is 0 Å². The summed E-state index contributed by atoms with van der Waals surface area (Å²) < 4.78 is 11.6. The number of carbonyl (C=O) groups excluding carboxylic acids is 2. The molecule has 0 bridgehead atoms. The Hall–Kier alpha value is -6.10. The minimum atomic E-state index is -0.780. The van der Waals surface area contributed by atoms with Gasteiger partial charge >= 0.3 is 12.2 Å². The molecule has 2 fully saturated rings. The molecule has 4 heterocycles. The van der Waals surface area contributed by atoms with Crippen LogP contribution in [-0.4, -0.2) is 85.8 Å². The molecule has 8 rings (SSSR count). The molecule has 1 N–H and O–H groups in total. The summed E-state index contributed by atoms with van der Waals surface area (Å²) in [5, 5.41) is 3.44. The zero-order valence-electron chi connectivity index (χ0n) is 32.7. The minimum absolute atomic E-state index is 0.0419. The summed E-state index contributed by atoms with van der Waals surface area (Å²) in [5.74, 6) is 0.0937. The summed E-state index contributed by atoms with van der Waals surface area (Å²) in [5.41, 5.74) is 9.41. The maximum absolute atomic E-state index is 13.4. The van der Waals surface area contributed by atoms with E-state index in [1.165, 1.54) is 0 Å². The molecule has 2 aromatic heterocycles. The number of fused-ring (bicyclic) bond motifs is 2. The molecule has 0 unspecified atom stereocenters. The highest BCUT2D eigenvalue weighted by Crippen LogP contribution is 2.37. The van der Waals surface area contributed by atoms with E-state index in [0.717, 1.165) is 67.2 Å². The number of carbonyl (C=O) groups is 2. The predicted octanol–water partition coefficient (Wildman–Crippen LogP) is 8.98. The average molecular weight is 750 g/mol. The van der Waals surface area contributed by atoms with Gasteiger partial charge in [-0.2, -0.15) is 0 Å². The van der Waals surface area contributed by atoms with Crippen molar-refractivity contribution in [3.63, 3.8) is 0 Å². The van der Waals surface area contributed by atoms with Crippen LogP contribution in [0.5, 0.6) is 0 Å². The Balaban J connectivity index is 0.904. The first-order valence-corrected chi connectivity index (χ1v) is 19.2. The maximum atomic E-state index is 13.4. The number of para-hydroxylation sites is 4. The van der Waals surface area contributed by atoms with E-state index in [1.807, 2.05) is 113 Å². The number of hydrogen-bond donors (Lipinski definition) is 1. The third-order valence-electron chi connectivity index (χ3n) is 10.2. The minimum Gasteiger partial charge on any atom is -0.444 e. The molecule has 0 spiro atoms. The van der Waals surface area contributed by atoms with Gasteiger partial charge in [0, 0.05) is 54.8 Å². The van der Waals surface area contributed by atoms with Crippen LogP contribution < -0.4 is 5.32 Å². The number of rotatable bonds is 8. The Bertz CT molecular complexity index is 2430. The number of ether oxygens (including phenoxy) is 2. The van der Waals surface area contributed by atoms with Crippen LogP contribution in [0.15, 0.2) is 97.1 Å². The van der Waals surface area contributed by atoms with Gasteiger partial charge in [-0.05, 0) is 84.0 Å². The molecule has 11 heteroatoms. The van der Waals surface area contributed by atoms with Gasteiger partial charge in [0.25, 0.3) is 0 Å². The molecule has 0 atom stereocenters. The molecule has 6 aromatic rings. The summed E-state index contributed by atoms with van der Waals surface area (Å²) >= 11 is 0. The second kappa shape index (κ2) is 14.5. The molecule has 11 nitrogen and oxygen atoms in total. The zero-order valence-corrected chi connectivity index (χ0v) is 32.7. The average Bonchev–Trinajstić information content (AvgIpc) is 3.11. The Labute approximate surface area is 327 Å². The van der Waals surface area contributed by atoms with Crippen LogP contribution in [0.3, 0.4) is 0 Å². The Morgan fingerprint density at radius 1 is 0.625 bits per heavy atom. The Kier molecular flexibility index (Phi) is 9.56. The van der Waals surface area contributed by atoms with Crippen molar-refractivity contribution in [2.45, 2.75) is 64.6 Å². The van der Waals surface area contributed by atoms with Crippen molar-refractivity contribution in [3.8, 4) is 22.5 Å². The second-order valence-electron chi connectivity index (χ2n) is 16.5. The molecule has 2 aliphatic rings. The number of likely N-dealkylation sites (tertiary alicyclic amines) is 2. The molecule has 0 aliphatic carbocycles. The number of nitrogens with zero attached hydrogens (tertiary/aromatic N) is 6. The molecule has 2 amide bonds. The van der Waals surface area contributed by atoms with Crippen LogP contribution in [0.25, 0.3) is 44.6 Å². The van der Waals surface area contributed by atoms with Crippen molar-refractivity contribution < 1.29 is 19.1 Å². The number of nitrogens with one attached hydrogen (secondary N) is 1. The van der Waals surface area contributed by atoms with Crippen LogP contribution in [0, 0.1) is 6.92 Å². The van der Waals surface area contributed by atoms with Gasteiger partial charge in [0.05, 0.1) is 51.4 Å². The van der Waals surface area contributed by atoms with E-state index in [4.69, 9.17) is 29.4 Å². The van der Waals surface area contributed by atoms with Gasteiger partial charge < -0.3 is 24.6 Å². The fraction of sp³-hybridized carbons (Fsp3) is 0.333. The van der Waals surface area contributed by atoms with E-state index in [0.29, 0.717) is 32.7 Å². The molecular weight excluding hydrogens is 703 g/mol. The highest BCUT2D eigenvalue weighted by Gasteiger charge is 2.39. The summed E-state index contributed by atoms with van der Waals surface area (Å²) in [4.78, 5) is 49.6. The van der Waals surface area contributed by atoms with Crippen LogP contribution in [0.1, 0.15) is 63.4 Å². The van der Waals surface area contributed by atoms with E-state index in [1.54, 1.807) is 9.80 Å². The van der Waals surface area contributed by atoms with Gasteiger partial charge in [-0.3, -0.25) is 0 Å². The summed E-state index contributed by atoms with van der Waals surface area (Å²) in [7, 11) is 0. The summed E-state index contributed by atoms with van der Waals surface area (Å²) in [6.45, 7) is 14.0. The monoisotopic (exact) mass is 749 g/mol. The summed E-state index contributed by atoms with van der Waals surface area (Å²) in [6, 6.07) is 32.1. The maximum Gasteiger partial charge on any atom is 0.410 e. The van der Waals surface area contributed by atoms with E-state index in [9.17, 15) is 9.59 Å². The van der Waals surface area contributed by atoms with Crippen LogP contribution in [0.4, 0.5) is 15.3 Å². The third-order valence-corrected chi connectivity index (χ3v) is 10.2. The zero-order chi connectivity index (χ0) is 39.2. The molecule has 0 saturated carbocycles. The molecule has 2 aliphatic heterocycles. The van der Waals surface area contributed by atoms with Crippen molar-refractivity contribution >= 4 is 39.9 Å². The largest absolute Gasteiger partial charge is 0.444 e. The quantitative estimate of drug-likeness (QED) is 0.162. The van der Waals surface area contributed by atoms with Crippen molar-refractivity contribution in [1.82, 2.24) is 29.7 Å². The predicted molar refractivity (Wildman–Crippen MR) is 219 cm³/mol. The number of aromatic nitrogens is 4. The van der Waals surface area contributed by atoms with Gasteiger partial charge in [0.2, 0.25) is 0 Å². The molecule has 2 saturated heterocycles. The van der Waals surface area contributed by atoms with Crippen molar-refractivity contribution in [2.24, 2.45) is 0 Å². The lowest BCUT2D eigenvalue weighted by atomic mass is 9.92. The van der Waals surface area contributed by atoms with E-state index < -0.39 is 11.2 Å². The number of benzene rings is 4. The molecule has 286 valence electrons. The molecule has 0 radical (unpaired) electrons. The lowest BCUT2D eigenvalue weighted by molar-refractivity contribution is 0.00474. The number of hydrogen-bond acceptors (Lipinski definition) is 9. The van der Waals surface area contributed by atoms with Gasteiger partial charge in [-0.1, -0.05) is 60.2 Å². The van der Waals surface area contributed by atoms with E-state index in [-0.39, 0.29) is 24.0 Å². The Morgan fingerprint density at radius 3 is 1.61 bits per heavy atom. The fourth-order valence-corrected chi connectivity index (χ4v) is 7.14. The van der Waals surface area contributed by atoms with Gasteiger partial charge in [-0.25, -0.2) is 29.5 Å². The van der Waals surface area contributed by atoms with Gasteiger partial charge in [-0.15, -0.1) is 0 Å². The molecule has 56 heavy (non-hydrogen) atoms. The standard InChI is InChI=1S/C45H47N7O4/c1-28-12-11-13-30(22-28)39-41(50-37-17-10-8-15-35(37)48-39)32-25-52(26-32)43(54)56-45(5,6)27-46-33-20-18-29(19-21-33)38-40(49-36-16-9-7-14-34(36)47-38)31-23-51(24-31)42(53)55-44(2,3)4/h7-22,31-32,46H,23-27H2,1-6H3. The van der Waals surface area contributed by atoms with Gasteiger partial charge in [0.1, 0.15) is 11.2 Å². The fourth-order valence-electron chi connectivity index (χ4n) is 7.14. The normalized spacial score (nSPS) is 15.0. The first kappa shape index (κ1) is 36.9. The lowest BCUT2D eigenvalue weighted by Gasteiger charge is -2.40. The van der Waals surface area contributed by atoms with E-state index >= 15 is 0 Å². The van der Waals surface area contributed by atoms with Crippen molar-refractivity contribution in [2.75, 3.05) is 38.0 Å². The first-order chi connectivity index (χ1) is 26.8. The molecular formula is C45H47N7O4. The van der Waals surface area contributed by atoms with Crippen LogP contribution in [0.2, 0.25) is 0 Å². The third kappa shape index (κ3) is 7.84. The lowest BCUT2D eigenvalue weighted by Crippen LogP contribution is -2.51. The first-order valence-electron chi connectivity index (χ1n) is 19.2. The number of amides is 2. The van der Waals surface area contributed by atoms with Crippen molar-refractivity contribution in [1.29, 1.82) is 0 Å². The second-order valence-corrected chi connectivity index (χ2v) is 16.5. The summed E-state index contributed by atoms with van der Waals surface area (Å²) in [6.07, 6.45) is -0.664. The molecule has 4 aromatic carbocycles.